The summed E-state index contributed by atoms with van der Waals surface area (Å²) in [5.74, 6) is 0. The molecule has 0 aromatic carbocycles. The van der Waals surface area contributed by atoms with E-state index in [-0.39, 0.29) is 6.04 Å². The molecule has 6 heteroatoms. The van der Waals surface area contributed by atoms with Gasteiger partial charge < -0.3 is 0 Å². The lowest BCUT2D eigenvalue weighted by atomic mass is 10.1. The summed E-state index contributed by atoms with van der Waals surface area (Å²) in [6.07, 6.45) is 8.01. The van der Waals surface area contributed by atoms with Crippen LogP contribution in [-0.2, 0) is 10.0 Å². The van der Waals surface area contributed by atoms with E-state index in [0.29, 0.717) is 10.6 Å². The number of aromatic amines is 1. The van der Waals surface area contributed by atoms with E-state index in [0.717, 1.165) is 25.7 Å². The molecule has 0 aliphatic heterocycles. The first-order chi connectivity index (χ1) is 8.53. The highest BCUT2D eigenvalue weighted by Gasteiger charge is 2.30. The van der Waals surface area contributed by atoms with Gasteiger partial charge in [0.15, 0.2) is 0 Å². The fourth-order valence-corrected chi connectivity index (χ4v) is 4.10. The van der Waals surface area contributed by atoms with E-state index in [1.54, 1.807) is 14.0 Å². The van der Waals surface area contributed by atoms with Gasteiger partial charge in [-0.25, -0.2) is 8.42 Å². The fourth-order valence-electron chi connectivity index (χ4n) is 2.57. The first-order valence-electron chi connectivity index (χ1n) is 6.51. The van der Waals surface area contributed by atoms with E-state index in [1.807, 2.05) is 0 Å². The monoisotopic (exact) mass is 271 g/mol. The van der Waals surface area contributed by atoms with E-state index in [9.17, 15) is 8.42 Å². The predicted molar refractivity (Wildman–Crippen MR) is 69.8 cm³/mol. The third-order valence-electron chi connectivity index (χ3n) is 3.78. The van der Waals surface area contributed by atoms with E-state index >= 15 is 0 Å². The molecule has 1 saturated carbocycles. The summed E-state index contributed by atoms with van der Waals surface area (Å²) < 4.78 is 26.5. The van der Waals surface area contributed by atoms with Crippen LogP contribution in [0.1, 0.15) is 44.2 Å². The van der Waals surface area contributed by atoms with Crippen molar-refractivity contribution < 1.29 is 8.42 Å². The molecule has 1 fully saturated rings. The highest BCUT2D eigenvalue weighted by atomic mass is 32.2. The smallest absolute Gasteiger partial charge is 0.246 e. The SMILES string of the molecule is Cc1[nH]ncc1S(=O)(=O)N(C)C1CCCCCC1. The van der Waals surface area contributed by atoms with Gasteiger partial charge in [-0.05, 0) is 19.8 Å². The van der Waals surface area contributed by atoms with Gasteiger partial charge in [-0.15, -0.1) is 0 Å². The molecule has 0 bridgehead atoms. The van der Waals surface area contributed by atoms with E-state index < -0.39 is 10.0 Å². The summed E-state index contributed by atoms with van der Waals surface area (Å²) in [6.45, 7) is 1.74. The number of sulfonamides is 1. The number of hydrogen-bond acceptors (Lipinski definition) is 3. The van der Waals surface area contributed by atoms with E-state index in [4.69, 9.17) is 0 Å². The van der Waals surface area contributed by atoms with Gasteiger partial charge in [0, 0.05) is 13.1 Å². The minimum atomic E-state index is -3.40. The van der Waals surface area contributed by atoms with Crippen LogP contribution in [0, 0.1) is 6.92 Å². The lowest BCUT2D eigenvalue weighted by Gasteiger charge is -2.26. The van der Waals surface area contributed by atoms with Crippen LogP contribution in [0.25, 0.3) is 0 Å². The van der Waals surface area contributed by atoms with Crippen LogP contribution in [-0.4, -0.2) is 36.0 Å². The quantitative estimate of drug-likeness (QED) is 0.856. The van der Waals surface area contributed by atoms with Crippen LogP contribution in [0.15, 0.2) is 11.1 Å². The Morgan fingerprint density at radius 1 is 1.28 bits per heavy atom. The average Bonchev–Trinajstić information content (AvgIpc) is 2.63. The summed E-state index contributed by atoms with van der Waals surface area (Å²) >= 11 is 0. The van der Waals surface area contributed by atoms with Crippen molar-refractivity contribution >= 4 is 10.0 Å². The standard InChI is InChI=1S/C12H21N3O2S/c1-10-12(9-13-14-10)18(16,17)15(2)11-7-5-3-4-6-8-11/h9,11H,3-8H2,1-2H3,(H,13,14). The van der Waals surface area contributed by atoms with Crippen molar-refractivity contribution in [2.45, 2.75) is 56.4 Å². The van der Waals surface area contributed by atoms with Gasteiger partial charge in [0.25, 0.3) is 0 Å². The van der Waals surface area contributed by atoms with Crippen LogP contribution in [0.2, 0.25) is 0 Å². The molecule has 18 heavy (non-hydrogen) atoms. The first-order valence-corrected chi connectivity index (χ1v) is 7.95. The lowest BCUT2D eigenvalue weighted by Crippen LogP contribution is -2.36. The number of nitrogens with zero attached hydrogens (tertiary/aromatic N) is 2. The maximum absolute atomic E-state index is 12.5. The first kappa shape index (κ1) is 13.5. The molecule has 2 rings (SSSR count). The second-order valence-corrected chi connectivity index (χ2v) is 6.99. The maximum atomic E-state index is 12.5. The Morgan fingerprint density at radius 3 is 2.39 bits per heavy atom. The van der Waals surface area contributed by atoms with Crippen molar-refractivity contribution in [1.82, 2.24) is 14.5 Å². The molecular formula is C12H21N3O2S. The zero-order chi connectivity index (χ0) is 13.2. The van der Waals surface area contributed by atoms with Crippen molar-refractivity contribution in [3.05, 3.63) is 11.9 Å². The highest BCUT2D eigenvalue weighted by molar-refractivity contribution is 7.89. The summed E-state index contributed by atoms with van der Waals surface area (Å²) in [6, 6.07) is 0.131. The Labute approximate surface area is 109 Å². The second kappa shape index (κ2) is 5.40. The van der Waals surface area contributed by atoms with Gasteiger partial charge in [-0.2, -0.15) is 9.40 Å². The van der Waals surface area contributed by atoms with Crippen LogP contribution >= 0.6 is 0 Å². The molecule has 0 saturated heterocycles. The number of H-pyrrole nitrogens is 1. The Hall–Kier alpha value is -0.880. The largest absolute Gasteiger partial charge is 0.281 e. The summed E-state index contributed by atoms with van der Waals surface area (Å²) in [4.78, 5) is 0.300. The average molecular weight is 271 g/mol. The van der Waals surface area contributed by atoms with Crippen molar-refractivity contribution in [2.75, 3.05) is 7.05 Å². The molecule has 5 nitrogen and oxygen atoms in total. The van der Waals surface area contributed by atoms with Crippen LogP contribution < -0.4 is 0 Å². The molecule has 1 aromatic rings. The number of nitrogens with one attached hydrogen (secondary N) is 1. The molecule has 1 N–H and O–H groups in total. The van der Waals surface area contributed by atoms with Gasteiger partial charge in [-0.3, -0.25) is 5.10 Å². The highest BCUT2D eigenvalue weighted by Crippen LogP contribution is 2.26. The van der Waals surface area contributed by atoms with Gasteiger partial charge in [-0.1, -0.05) is 25.7 Å². The summed E-state index contributed by atoms with van der Waals surface area (Å²) in [5, 5.41) is 6.49. The number of rotatable bonds is 3. The molecule has 102 valence electrons. The van der Waals surface area contributed by atoms with Crippen molar-refractivity contribution in [3.63, 3.8) is 0 Å². The molecule has 0 amide bonds. The zero-order valence-electron chi connectivity index (χ0n) is 11.0. The molecule has 1 aliphatic carbocycles. The normalized spacial score (nSPS) is 19.1. The van der Waals surface area contributed by atoms with Crippen molar-refractivity contribution in [3.8, 4) is 0 Å². The molecule has 0 radical (unpaired) electrons. The molecular weight excluding hydrogens is 250 g/mol. The fraction of sp³-hybridized carbons (Fsp3) is 0.750. The third kappa shape index (κ3) is 2.59. The topological polar surface area (TPSA) is 66.1 Å². The predicted octanol–water partition coefficient (Wildman–Crippen LogP) is 2.06. The summed E-state index contributed by atoms with van der Waals surface area (Å²) in [7, 11) is -1.71. The molecule has 0 atom stereocenters. The summed E-state index contributed by atoms with van der Waals surface area (Å²) in [5.41, 5.74) is 0.607. The zero-order valence-corrected chi connectivity index (χ0v) is 11.8. The van der Waals surface area contributed by atoms with E-state index in [2.05, 4.69) is 10.2 Å². The Bertz CT molecular complexity index is 487. The second-order valence-electron chi connectivity index (χ2n) is 5.03. The molecule has 0 spiro atoms. The van der Waals surface area contributed by atoms with Gasteiger partial charge in [0.2, 0.25) is 10.0 Å². The number of aromatic nitrogens is 2. The van der Waals surface area contributed by atoms with Crippen LogP contribution in [0.5, 0.6) is 0 Å². The Morgan fingerprint density at radius 2 is 1.89 bits per heavy atom. The Balaban J connectivity index is 2.21. The van der Waals surface area contributed by atoms with Gasteiger partial charge in [0.1, 0.15) is 4.90 Å². The van der Waals surface area contributed by atoms with Crippen molar-refractivity contribution in [1.29, 1.82) is 0 Å². The number of aryl methyl sites for hydroxylation is 1. The molecule has 1 aromatic heterocycles. The minimum absolute atomic E-state index is 0.131. The van der Waals surface area contributed by atoms with E-state index in [1.165, 1.54) is 23.3 Å². The molecule has 1 heterocycles. The number of hydrogen-bond donors (Lipinski definition) is 1. The van der Waals surface area contributed by atoms with Crippen LogP contribution in [0.3, 0.4) is 0 Å². The Kier molecular flexibility index (Phi) is 4.07. The van der Waals surface area contributed by atoms with Crippen molar-refractivity contribution in [2.24, 2.45) is 0 Å². The lowest BCUT2D eigenvalue weighted by molar-refractivity contribution is 0.335. The molecule has 0 unspecified atom stereocenters. The molecule has 1 aliphatic rings. The maximum Gasteiger partial charge on any atom is 0.246 e. The third-order valence-corrected chi connectivity index (χ3v) is 5.80. The minimum Gasteiger partial charge on any atom is -0.281 e. The van der Waals surface area contributed by atoms with Gasteiger partial charge in [0.05, 0.1) is 11.9 Å². The van der Waals surface area contributed by atoms with Crippen LogP contribution in [0.4, 0.5) is 0 Å². The van der Waals surface area contributed by atoms with Gasteiger partial charge >= 0.3 is 0 Å².